The molecule has 0 amide bonds. The number of rotatable bonds is 2. The van der Waals surface area contributed by atoms with Crippen molar-refractivity contribution < 1.29 is 18.9 Å². The Balaban J connectivity index is 1.42. The van der Waals surface area contributed by atoms with Crippen molar-refractivity contribution in [3.05, 3.63) is 131 Å². The monoisotopic (exact) mass is 608 g/mol. The minimum Gasteiger partial charge on any atom is -0.384 e. The summed E-state index contributed by atoms with van der Waals surface area (Å²) in [7, 11) is 0. The maximum Gasteiger partial charge on any atom is 0.613 e. The molecule has 0 N–H and O–H groups in total. The topological polar surface area (TPSA) is 97.3 Å². The lowest BCUT2D eigenvalue weighted by atomic mass is 10.2. The zero-order valence-electron chi connectivity index (χ0n) is 25.3. The second kappa shape index (κ2) is 10.8. The molecule has 4 heterocycles. The fraction of sp³-hybridized carbons (Fsp3) is 0.111. The van der Waals surface area contributed by atoms with Gasteiger partial charge in [0, 0.05) is 12.4 Å². The van der Waals surface area contributed by atoms with Gasteiger partial charge in [0.1, 0.15) is 11.4 Å². The van der Waals surface area contributed by atoms with Gasteiger partial charge >= 0.3 is 6.16 Å². The molecule has 1 unspecified atom stereocenters. The minimum atomic E-state index is -2.26. The Labute approximate surface area is 264 Å². The first kappa shape index (κ1) is 27.4. The molecule has 0 saturated carbocycles. The standard InChI is InChI=1S/C36H28N6O4/c1-23-13-7-10-18-31(23)42-35-28(25(3)40-42)22-38-30-17-9-12-20-33(30)44-36(46-35)43-32-19-11-8-16-29(32)37-21-27-24(2)39-41(34(27)45-36)26-14-5-4-6-15-26/h4-22H,1-3H3. The molecule has 10 nitrogen and oxygen atoms in total. The van der Waals surface area contributed by atoms with Crippen molar-refractivity contribution in [2.45, 2.75) is 26.9 Å². The Morgan fingerprint density at radius 1 is 0.522 bits per heavy atom. The van der Waals surface area contributed by atoms with Gasteiger partial charge in [0.05, 0.1) is 33.9 Å². The summed E-state index contributed by atoms with van der Waals surface area (Å²) < 4.78 is 30.6. The number of fused-ring (bicyclic) bond motifs is 4. The van der Waals surface area contributed by atoms with Crippen LogP contribution in [0, 0.1) is 20.8 Å². The SMILES string of the molecule is Cc1ccccc1-n1nc(C)c2c1OC1(Oc3ccccc3N=Cc3c(C)nn(-c4ccccc4)c3O1)Oc1ccccc1N=C2. The maximum atomic E-state index is 6.91. The van der Waals surface area contributed by atoms with E-state index in [-0.39, 0.29) is 0 Å². The zero-order valence-corrected chi connectivity index (χ0v) is 25.3. The fourth-order valence-electron chi connectivity index (χ4n) is 5.44. The van der Waals surface area contributed by atoms with Crippen LogP contribution in [0.5, 0.6) is 23.3 Å². The van der Waals surface area contributed by atoms with Crippen molar-refractivity contribution in [3.8, 4) is 34.6 Å². The smallest absolute Gasteiger partial charge is 0.384 e. The van der Waals surface area contributed by atoms with Crippen molar-refractivity contribution in [3.63, 3.8) is 0 Å². The number of nitrogens with zero attached hydrogens (tertiary/aromatic N) is 6. The molecule has 4 aromatic carbocycles. The van der Waals surface area contributed by atoms with E-state index in [0.717, 1.165) is 16.9 Å². The van der Waals surface area contributed by atoms with E-state index in [2.05, 4.69) is 0 Å². The Morgan fingerprint density at radius 2 is 1.02 bits per heavy atom. The quantitative estimate of drug-likeness (QED) is 0.204. The highest BCUT2D eigenvalue weighted by Gasteiger charge is 2.49. The minimum absolute atomic E-state index is 0.304. The highest BCUT2D eigenvalue weighted by Crippen LogP contribution is 2.42. The number of hydrogen-bond acceptors (Lipinski definition) is 8. The number of benzene rings is 4. The molecule has 0 bridgehead atoms. The summed E-state index contributed by atoms with van der Waals surface area (Å²) in [5.74, 6) is 1.36. The summed E-state index contributed by atoms with van der Waals surface area (Å²) in [5, 5.41) is 9.71. The highest BCUT2D eigenvalue weighted by molar-refractivity contribution is 5.88. The van der Waals surface area contributed by atoms with E-state index >= 15 is 0 Å². The van der Waals surface area contributed by atoms with Crippen LogP contribution in [0.2, 0.25) is 0 Å². The first-order valence-electron chi connectivity index (χ1n) is 14.8. The lowest BCUT2D eigenvalue weighted by molar-refractivity contribution is -0.369. The van der Waals surface area contributed by atoms with Crippen LogP contribution in [-0.4, -0.2) is 38.1 Å². The van der Waals surface area contributed by atoms with Crippen LogP contribution in [0.1, 0.15) is 28.1 Å². The van der Waals surface area contributed by atoms with Crippen LogP contribution in [0.15, 0.2) is 113 Å². The Bertz CT molecular complexity index is 2160. The highest BCUT2D eigenvalue weighted by atomic mass is 17.0. The number of aryl methyl sites for hydroxylation is 3. The van der Waals surface area contributed by atoms with Crippen molar-refractivity contribution in [2.75, 3.05) is 0 Å². The van der Waals surface area contributed by atoms with Crippen molar-refractivity contribution in [1.82, 2.24) is 19.6 Å². The molecule has 0 radical (unpaired) electrons. The lowest BCUT2D eigenvalue weighted by Gasteiger charge is -2.32. The van der Waals surface area contributed by atoms with Crippen molar-refractivity contribution in [2.24, 2.45) is 9.98 Å². The summed E-state index contributed by atoms with van der Waals surface area (Å²) in [6.45, 7) is 5.81. The van der Waals surface area contributed by atoms with Crippen LogP contribution in [-0.2, 0) is 0 Å². The van der Waals surface area contributed by atoms with Crippen LogP contribution < -0.4 is 18.9 Å². The molecule has 226 valence electrons. The molecule has 0 aliphatic carbocycles. The molecule has 2 aliphatic rings. The number of aliphatic imine (C=N–C) groups is 2. The second-order valence-corrected chi connectivity index (χ2v) is 10.9. The zero-order chi connectivity index (χ0) is 31.3. The van der Waals surface area contributed by atoms with Gasteiger partial charge in [0.25, 0.3) is 0 Å². The number of hydrogen-bond donors (Lipinski definition) is 0. The van der Waals surface area contributed by atoms with E-state index < -0.39 is 6.16 Å². The molecule has 2 aliphatic heterocycles. The first-order valence-corrected chi connectivity index (χ1v) is 14.8. The van der Waals surface area contributed by atoms with Gasteiger partial charge in [-0.15, -0.1) is 0 Å². The van der Waals surface area contributed by atoms with E-state index in [1.165, 1.54) is 0 Å². The van der Waals surface area contributed by atoms with E-state index in [9.17, 15) is 0 Å². The fourth-order valence-corrected chi connectivity index (χ4v) is 5.44. The molecule has 10 heteroatoms. The van der Waals surface area contributed by atoms with Gasteiger partial charge in [-0.2, -0.15) is 19.6 Å². The van der Waals surface area contributed by atoms with Gasteiger partial charge in [-0.25, -0.2) is 0 Å². The second-order valence-electron chi connectivity index (χ2n) is 10.9. The van der Waals surface area contributed by atoms with Crippen LogP contribution >= 0.6 is 0 Å². The molecule has 1 spiro atoms. The van der Waals surface area contributed by atoms with E-state index in [1.54, 1.807) is 33.9 Å². The molecule has 0 saturated heterocycles. The van der Waals surface area contributed by atoms with Crippen LogP contribution in [0.4, 0.5) is 11.4 Å². The molecule has 2 aromatic heterocycles. The third kappa shape index (κ3) is 4.67. The first-order chi connectivity index (χ1) is 22.5. The average molecular weight is 609 g/mol. The van der Waals surface area contributed by atoms with Gasteiger partial charge in [0.15, 0.2) is 11.5 Å². The lowest BCUT2D eigenvalue weighted by Crippen LogP contribution is -2.54. The Hall–Kier alpha value is -6.16. The maximum absolute atomic E-state index is 6.91. The number of para-hydroxylation sites is 6. The van der Waals surface area contributed by atoms with E-state index in [4.69, 9.17) is 39.1 Å². The van der Waals surface area contributed by atoms with E-state index in [1.807, 2.05) is 112 Å². The molecular weight excluding hydrogens is 580 g/mol. The molecule has 8 rings (SSSR count). The van der Waals surface area contributed by atoms with Crippen molar-refractivity contribution in [1.29, 1.82) is 0 Å². The summed E-state index contributed by atoms with van der Waals surface area (Å²) in [6, 6.07) is 32.3. The van der Waals surface area contributed by atoms with Crippen molar-refractivity contribution >= 4 is 23.8 Å². The van der Waals surface area contributed by atoms with Crippen LogP contribution in [0.25, 0.3) is 11.4 Å². The number of ether oxygens (including phenoxy) is 4. The van der Waals surface area contributed by atoms with Gasteiger partial charge < -0.3 is 18.9 Å². The molecule has 1 atom stereocenters. The van der Waals surface area contributed by atoms with Gasteiger partial charge in [-0.1, -0.05) is 60.7 Å². The molecule has 0 fully saturated rings. The third-order valence-electron chi connectivity index (χ3n) is 7.78. The molecule has 46 heavy (non-hydrogen) atoms. The van der Waals surface area contributed by atoms with Gasteiger partial charge in [-0.05, 0) is 68.8 Å². The normalized spacial score (nSPS) is 16.3. The predicted octanol–water partition coefficient (Wildman–Crippen LogP) is 7.34. The summed E-state index contributed by atoms with van der Waals surface area (Å²) in [5.41, 5.74) is 6.29. The largest absolute Gasteiger partial charge is 0.613 e. The predicted molar refractivity (Wildman–Crippen MR) is 174 cm³/mol. The third-order valence-corrected chi connectivity index (χ3v) is 7.78. The molecule has 6 aromatic rings. The van der Waals surface area contributed by atoms with Gasteiger partial charge in [-0.3, -0.25) is 9.98 Å². The Morgan fingerprint density at radius 3 is 1.63 bits per heavy atom. The van der Waals surface area contributed by atoms with Gasteiger partial charge in [0.2, 0.25) is 11.8 Å². The van der Waals surface area contributed by atoms with E-state index in [0.29, 0.717) is 57.1 Å². The van der Waals surface area contributed by atoms with Crippen LogP contribution in [0.3, 0.4) is 0 Å². The average Bonchev–Trinajstić information content (AvgIpc) is 3.57. The number of aromatic nitrogens is 4. The summed E-state index contributed by atoms with van der Waals surface area (Å²) >= 11 is 0. The molecular formula is C36H28N6O4. The summed E-state index contributed by atoms with van der Waals surface area (Å²) in [4.78, 5) is 9.59. The summed E-state index contributed by atoms with van der Waals surface area (Å²) in [6.07, 6.45) is 1.18. The Kier molecular flexibility index (Phi) is 6.42.